The Hall–Kier alpha value is -1.86. The van der Waals surface area contributed by atoms with E-state index in [1.807, 2.05) is 24.3 Å². The maximum Gasteiger partial charge on any atom is 0.169 e. The van der Waals surface area contributed by atoms with Gasteiger partial charge in [0.05, 0.1) is 24.2 Å². The summed E-state index contributed by atoms with van der Waals surface area (Å²) >= 11 is 0. The van der Waals surface area contributed by atoms with Crippen LogP contribution < -0.4 is 4.90 Å². The van der Waals surface area contributed by atoms with Crippen molar-refractivity contribution in [3.05, 3.63) is 29.8 Å². The number of piperidine rings is 1. The lowest BCUT2D eigenvalue weighted by molar-refractivity contribution is -0.121. The molecule has 0 aromatic heterocycles. The van der Waals surface area contributed by atoms with Gasteiger partial charge in [-0.05, 0) is 69.5 Å². The van der Waals surface area contributed by atoms with Crippen molar-refractivity contribution in [2.75, 3.05) is 24.5 Å². The average Bonchev–Trinajstić information content (AvgIpc) is 3.07. The molecule has 2 aliphatic heterocycles. The summed E-state index contributed by atoms with van der Waals surface area (Å²) in [5.41, 5.74) is 1.75. The molecule has 0 spiro atoms. The predicted molar refractivity (Wildman–Crippen MR) is 96.0 cm³/mol. The normalized spacial score (nSPS) is 24.8. The molecule has 128 valence electrons. The number of rotatable bonds is 5. The number of benzene rings is 1. The summed E-state index contributed by atoms with van der Waals surface area (Å²) in [7, 11) is 0. The van der Waals surface area contributed by atoms with Gasteiger partial charge >= 0.3 is 0 Å². The molecule has 2 saturated heterocycles. The fourth-order valence-corrected chi connectivity index (χ4v) is 4.14. The Balaban J connectivity index is 1.74. The zero-order valence-electron chi connectivity index (χ0n) is 14.6. The zero-order chi connectivity index (χ0) is 16.9. The molecule has 24 heavy (non-hydrogen) atoms. The van der Waals surface area contributed by atoms with Gasteiger partial charge in [0.15, 0.2) is 5.78 Å². The molecule has 0 amide bonds. The Labute approximate surface area is 145 Å². The van der Waals surface area contributed by atoms with E-state index in [0.717, 1.165) is 38.0 Å². The summed E-state index contributed by atoms with van der Waals surface area (Å²) < 4.78 is 0. The summed E-state index contributed by atoms with van der Waals surface area (Å²) in [6, 6.07) is 10.3. The number of nitriles is 1. The highest BCUT2D eigenvalue weighted by Gasteiger charge is 2.37. The van der Waals surface area contributed by atoms with Gasteiger partial charge in [-0.25, -0.2) is 0 Å². The summed E-state index contributed by atoms with van der Waals surface area (Å²) in [6.07, 6.45) is 6.80. The molecular weight excluding hydrogens is 298 g/mol. The van der Waals surface area contributed by atoms with E-state index in [1.54, 1.807) is 0 Å². The number of carbonyl (C=O) groups is 1. The number of likely N-dealkylation sites (tertiary alicyclic amines) is 1. The quantitative estimate of drug-likeness (QED) is 0.833. The van der Waals surface area contributed by atoms with Crippen LogP contribution in [0.15, 0.2) is 24.3 Å². The van der Waals surface area contributed by atoms with Crippen molar-refractivity contribution in [2.45, 2.75) is 57.5 Å². The van der Waals surface area contributed by atoms with Crippen LogP contribution in [-0.4, -0.2) is 42.4 Å². The maximum absolute atomic E-state index is 12.9. The number of ketones is 1. The minimum Gasteiger partial charge on any atom is -0.358 e. The van der Waals surface area contributed by atoms with E-state index in [9.17, 15) is 4.79 Å². The number of Topliss-reactive ketones (excluding diaryl/α,β-unsaturated/α-hetero) is 1. The highest BCUT2D eigenvalue weighted by atomic mass is 16.1. The molecular formula is C20H27N3O. The summed E-state index contributed by atoms with van der Waals surface area (Å²) in [4.78, 5) is 17.6. The minimum atomic E-state index is -0.00943. The molecule has 2 atom stereocenters. The van der Waals surface area contributed by atoms with E-state index in [0.29, 0.717) is 23.9 Å². The Morgan fingerprint density at radius 3 is 2.50 bits per heavy atom. The lowest BCUT2D eigenvalue weighted by Gasteiger charge is -2.33. The first-order chi connectivity index (χ1) is 11.7. The molecule has 1 aromatic rings. The van der Waals surface area contributed by atoms with E-state index >= 15 is 0 Å². The van der Waals surface area contributed by atoms with E-state index in [4.69, 9.17) is 5.26 Å². The van der Waals surface area contributed by atoms with Gasteiger partial charge in [-0.3, -0.25) is 9.69 Å². The molecule has 3 rings (SSSR count). The molecule has 0 radical (unpaired) electrons. The molecule has 2 heterocycles. The first-order valence-electron chi connectivity index (χ1n) is 9.26. The molecule has 4 nitrogen and oxygen atoms in total. The number of carbonyl (C=O) groups excluding carboxylic acids is 1. The second-order valence-electron chi connectivity index (χ2n) is 7.02. The van der Waals surface area contributed by atoms with Gasteiger partial charge in [0, 0.05) is 11.7 Å². The van der Waals surface area contributed by atoms with Crippen LogP contribution in [0.3, 0.4) is 0 Å². The molecule has 1 aromatic carbocycles. The van der Waals surface area contributed by atoms with Gasteiger partial charge < -0.3 is 4.90 Å². The fourth-order valence-electron chi connectivity index (χ4n) is 4.14. The minimum absolute atomic E-state index is 0.00943. The lowest BCUT2D eigenvalue weighted by Crippen LogP contribution is -2.46. The van der Waals surface area contributed by atoms with Crippen molar-refractivity contribution >= 4 is 11.5 Å². The van der Waals surface area contributed by atoms with Crippen molar-refractivity contribution in [3.63, 3.8) is 0 Å². The second kappa shape index (κ2) is 7.81. The molecule has 0 saturated carbocycles. The van der Waals surface area contributed by atoms with Crippen molar-refractivity contribution in [1.82, 2.24) is 4.90 Å². The SMILES string of the molecule is CCC1CCC(C(=O)CN2CCCCC2)N1c1ccc(C#N)cc1. The van der Waals surface area contributed by atoms with Crippen LogP contribution in [-0.2, 0) is 4.79 Å². The van der Waals surface area contributed by atoms with Crippen molar-refractivity contribution in [3.8, 4) is 6.07 Å². The number of hydrogen-bond donors (Lipinski definition) is 0. The van der Waals surface area contributed by atoms with Gasteiger partial charge in [0.2, 0.25) is 0 Å². The summed E-state index contributed by atoms with van der Waals surface area (Å²) in [6.45, 7) is 4.91. The number of anilines is 1. The van der Waals surface area contributed by atoms with Crippen LogP contribution in [0.5, 0.6) is 0 Å². The van der Waals surface area contributed by atoms with Gasteiger partial charge in [-0.1, -0.05) is 13.3 Å². The Morgan fingerprint density at radius 1 is 1.17 bits per heavy atom. The van der Waals surface area contributed by atoms with Crippen LogP contribution in [0.1, 0.15) is 51.0 Å². The fraction of sp³-hybridized carbons (Fsp3) is 0.600. The van der Waals surface area contributed by atoms with Gasteiger partial charge in [-0.2, -0.15) is 5.26 Å². The van der Waals surface area contributed by atoms with Crippen LogP contribution in [0.4, 0.5) is 5.69 Å². The third kappa shape index (κ3) is 3.62. The molecule has 2 fully saturated rings. The van der Waals surface area contributed by atoms with E-state index in [2.05, 4.69) is 22.8 Å². The van der Waals surface area contributed by atoms with E-state index in [1.165, 1.54) is 19.3 Å². The van der Waals surface area contributed by atoms with Crippen molar-refractivity contribution in [1.29, 1.82) is 5.26 Å². The summed E-state index contributed by atoms with van der Waals surface area (Å²) in [5.74, 6) is 0.359. The maximum atomic E-state index is 12.9. The molecule has 0 aliphatic carbocycles. The van der Waals surface area contributed by atoms with Gasteiger partial charge in [0.25, 0.3) is 0 Å². The van der Waals surface area contributed by atoms with E-state index < -0.39 is 0 Å². The van der Waals surface area contributed by atoms with Crippen LogP contribution in [0.2, 0.25) is 0 Å². The summed E-state index contributed by atoms with van der Waals surface area (Å²) in [5, 5.41) is 8.99. The van der Waals surface area contributed by atoms with Gasteiger partial charge in [-0.15, -0.1) is 0 Å². The highest BCUT2D eigenvalue weighted by molar-refractivity contribution is 5.89. The molecule has 2 unspecified atom stereocenters. The Morgan fingerprint density at radius 2 is 1.88 bits per heavy atom. The second-order valence-corrected chi connectivity index (χ2v) is 7.02. The van der Waals surface area contributed by atoms with Gasteiger partial charge in [0.1, 0.15) is 0 Å². The molecule has 2 aliphatic rings. The smallest absolute Gasteiger partial charge is 0.169 e. The number of hydrogen-bond acceptors (Lipinski definition) is 4. The average molecular weight is 325 g/mol. The first-order valence-corrected chi connectivity index (χ1v) is 9.26. The van der Waals surface area contributed by atoms with E-state index in [-0.39, 0.29) is 6.04 Å². The van der Waals surface area contributed by atoms with Crippen molar-refractivity contribution in [2.24, 2.45) is 0 Å². The highest BCUT2D eigenvalue weighted by Crippen LogP contribution is 2.33. The number of nitrogens with zero attached hydrogens (tertiary/aromatic N) is 3. The molecule has 0 N–H and O–H groups in total. The lowest BCUT2D eigenvalue weighted by atomic mass is 10.1. The largest absolute Gasteiger partial charge is 0.358 e. The Bertz CT molecular complexity index is 598. The third-order valence-corrected chi connectivity index (χ3v) is 5.47. The molecule has 4 heteroatoms. The van der Waals surface area contributed by atoms with Crippen molar-refractivity contribution < 1.29 is 4.79 Å². The van der Waals surface area contributed by atoms with Crippen LogP contribution >= 0.6 is 0 Å². The predicted octanol–water partition coefficient (Wildman–Crippen LogP) is 3.36. The monoisotopic (exact) mass is 325 g/mol. The molecule has 0 bridgehead atoms. The topological polar surface area (TPSA) is 47.3 Å². The first kappa shape index (κ1) is 17.0. The van der Waals surface area contributed by atoms with Crippen LogP contribution in [0, 0.1) is 11.3 Å². The zero-order valence-corrected chi connectivity index (χ0v) is 14.6. The van der Waals surface area contributed by atoms with Crippen LogP contribution in [0.25, 0.3) is 0 Å². The Kier molecular flexibility index (Phi) is 5.52. The standard InChI is InChI=1S/C20H27N3O/c1-2-17-10-11-19(20(24)15-22-12-4-3-5-13-22)23(17)18-8-6-16(14-21)7-9-18/h6-9,17,19H,2-5,10-13,15H2,1H3. The third-order valence-electron chi connectivity index (χ3n) is 5.47.